The lowest BCUT2D eigenvalue weighted by molar-refractivity contribution is -0.140. The van der Waals surface area contributed by atoms with E-state index in [1.54, 1.807) is 0 Å². The summed E-state index contributed by atoms with van der Waals surface area (Å²) in [5.41, 5.74) is 0. The summed E-state index contributed by atoms with van der Waals surface area (Å²) in [7, 11) is 1.96. The molecule has 1 saturated heterocycles. The van der Waals surface area contributed by atoms with Gasteiger partial charge in [-0.2, -0.15) is 0 Å². The molecule has 1 fully saturated rings. The Morgan fingerprint density at radius 3 is 2.60 bits per heavy atom. The van der Waals surface area contributed by atoms with E-state index in [9.17, 15) is 14.4 Å². The molecule has 8 heteroatoms. The second-order valence-corrected chi connectivity index (χ2v) is 5.04. The van der Waals surface area contributed by atoms with E-state index in [1.807, 2.05) is 7.05 Å². The van der Waals surface area contributed by atoms with E-state index in [-0.39, 0.29) is 18.9 Å². The van der Waals surface area contributed by atoms with E-state index in [0.29, 0.717) is 0 Å². The summed E-state index contributed by atoms with van der Waals surface area (Å²) in [4.78, 5) is 35.2. The van der Waals surface area contributed by atoms with Crippen LogP contribution < -0.4 is 10.6 Å². The van der Waals surface area contributed by atoms with Gasteiger partial charge in [-0.15, -0.1) is 0 Å². The molecule has 1 heterocycles. The number of carboxylic acid groups (broad SMARTS) is 2. The number of carboxylic acids is 2. The summed E-state index contributed by atoms with van der Waals surface area (Å²) >= 11 is 0. The summed E-state index contributed by atoms with van der Waals surface area (Å²) in [5.74, 6) is -2.32. The third-order valence-corrected chi connectivity index (χ3v) is 3.21. The molecule has 1 unspecified atom stereocenters. The first-order valence-corrected chi connectivity index (χ1v) is 6.58. The number of amides is 2. The zero-order valence-corrected chi connectivity index (χ0v) is 11.5. The van der Waals surface area contributed by atoms with Gasteiger partial charge >= 0.3 is 18.0 Å². The Morgan fingerprint density at radius 2 is 2.05 bits per heavy atom. The number of carbonyl (C=O) groups is 3. The number of likely N-dealkylation sites (tertiary alicyclic amines) is 1. The van der Waals surface area contributed by atoms with E-state index in [2.05, 4.69) is 15.5 Å². The first kappa shape index (κ1) is 16.2. The molecular formula is C12H21N3O5. The van der Waals surface area contributed by atoms with Crippen molar-refractivity contribution in [1.82, 2.24) is 15.5 Å². The fraction of sp³-hybridized carbons (Fsp3) is 0.750. The lowest BCUT2D eigenvalue weighted by atomic mass is 10.1. The summed E-state index contributed by atoms with van der Waals surface area (Å²) < 4.78 is 0. The highest BCUT2D eigenvalue weighted by atomic mass is 16.4. The largest absolute Gasteiger partial charge is 0.481 e. The molecule has 0 radical (unpaired) electrons. The number of hydrogen-bond acceptors (Lipinski definition) is 4. The van der Waals surface area contributed by atoms with Gasteiger partial charge in [-0.1, -0.05) is 0 Å². The predicted octanol–water partition coefficient (Wildman–Crippen LogP) is -0.302. The van der Waals surface area contributed by atoms with Crippen molar-refractivity contribution in [2.75, 3.05) is 20.1 Å². The van der Waals surface area contributed by atoms with Crippen LogP contribution in [0.15, 0.2) is 0 Å². The number of piperidine rings is 1. The Kier molecular flexibility index (Phi) is 6.23. The van der Waals surface area contributed by atoms with Crippen LogP contribution in [0.3, 0.4) is 0 Å². The van der Waals surface area contributed by atoms with Crippen LogP contribution in [0.4, 0.5) is 4.79 Å². The predicted molar refractivity (Wildman–Crippen MR) is 70.5 cm³/mol. The molecule has 0 spiro atoms. The maximum atomic E-state index is 11.7. The molecule has 0 aromatic carbocycles. The van der Waals surface area contributed by atoms with E-state index < -0.39 is 24.0 Å². The van der Waals surface area contributed by atoms with Crippen molar-refractivity contribution >= 4 is 18.0 Å². The number of nitrogens with one attached hydrogen (secondary N) is 2. The molecule has 0 saturated carbocycles. The maximum Gasteiger partial charge on any atom is 0.326 e. The average molecular weight is 287 g/mol. The molecule has 8 nitrogen and oxygen atoms in total. The summed E-state index contributed by atoms with van der Waals surface area (Å²) in [6.07, 6.45) is 1.39. The van der Waals surface area contributed by atoms with Crippen LogP contribution in [0, 0.1) is 0 Å². The zero-order valence-electron chi connectivity index (χ0n) is 11.5. The van der Waals surface area contributed by atoms with Crippen LogP contribution in [0.2, 0.25) is 0 Å². The number of carbonyl (C=O) groups excluding carboxylic acids is 1. The molecule has 2 amide bonds. The van der Waals surface area contributed by atoms with Gasteiger partial charge in [-0.05, 0) is 32.9 Å². The third-order valence-electron chi connectivity index (χ3n) is 3.21. The van der Waals surface area contributed by atoms with Crippen molar-refractivity contribution in [3.63, 3.8) is 0 Å². The Morgan fingerprint density at radius 1 is 1.35 bits per heavy atom. The monoisotopic (exact) mass is 287 g/mol. The molecule has 0 aliphatic carbocycles. The van der Waals surface area contributed by atoms with Crippen molar-refractivity contribution in [3.05, 3.63) is 0 Å². The lowest BCUT2D eigenvalue weighted by Crippen LogP contribution is -2.53. The standard InChI is InChI=1S/C12H21N3O5/c1-15-6-2-3-8(7-15)13-12(20)14-9(11(18)19)4-5-10(16)17/h8-9H,2-7H2,1H3,(H,16,17)(H,18,19)(H2,13,14,20)/t8?,9-/m0/s1. The maximum absolute atomic E-state index is 11.7. The summed E-state index contributed by atoms with van der Waals surface area (Å²) in [6.45, 7) is 1.70. The first-order valence-electron chi connectivity index (χ1n) is 6.58. The van der Waals surface area contributed by atoms with Crippen LogP contribution in [-0.4, -0.2) is 65.3 Å². The lowest BCUT2D eigenvalue weighted by Gasteiger charge is -2.30. The molecular weight excluding hydrogens is 266 g/mol. The van der Waals surface area contributed by atoms with Gasteiger partial charge in [0.1, 0.15) is 6.04 Å². The number of nitrogens with zero attached hydrogens (tertiary/aromatic N) is 1. The number of hydrogen-bond donors (Lipinski definition) is 4. The second-order valence-electron chi connectivity index (χ2n) is 5.04. The second kappa shape index (κ2) is 7.68. The topological polar surface area (TPSA) is 119 Å². The van der Waals surface area contributed by atoms with Crippen molar-refractivity contribution in [1.29, 1.82) is 0 Å². The van der Waals surface area contributed by atoms with Crippen molar-refractivity contribution in [2.45, 2.75) is 37.8 Å². The molecule has 20 heavy (non-hydrogen) atoms. The fourth-order valence-electron chi connectivity index (χ4n) is 2.19. The molecule has 2 atom stereocenters. The van der Waals surface area contributed by atoms with Gasteiger partial charge in [-0.25, -0.2) is 9.59 Å². The fourth-order valence-corrected chi connectivity index (χ4v) is 2.19. The van der Waals surface area contributed by atoms with Gasteiger partial charge in [0.25, 0.3) is 0 Å². The van der Waals surface area contributed by atoms with Crippen LogP contribution in [0.5, 0.6) is 0 Å². The van der Waals surface area contributed by atoms with E-state index in [1.165, 1.54) is 0 Å². The Hall–Kier alpha value is -1.83. The normalized spacial score (nSPS) is 20.9. The highest BCUT2D eigenvalue weighted by molar-refractivity contribution is 5.83. The van der Waals surface area contributed by atoms with Gasteiger partial charge in [0.2, 0.25) is 0 Å². The van der Waals surface area contributed by atoms with Gasteiger partial charge < -0.3 is 25.7 Å². The Labute approximate surface area is 117 Å². The molecule has 1 aliphatic heterocycles. The third kappa shape index (κ3) is 5.87. The minimum atomic E-state index is -1.23. The van der Waals surface area contributed by atoms with Crippen LogP contribution in [-0.2, 0) is 9.59 Å². The minimum Gasteiger partial charge on any atom is -0.481 e. The molecule has 0 bridgehead atoms. The number of rotatable bonds is 6. The van der Waals surface area contributed by atoms with E-state index in [4.69, 9.17) is 10.2 Å². The van der Waals surface area contributed by atoms with Crippen molar-refractivity contribution in [2.24, 2.45) is 0 Å². The van der Waals surface area contributed by atoms with E-state index >= 15 is 0 Å². The van der Waals surface area contributed by atoms with Gasteiger partial charge in [-0.3, -0.25) is 4.79 Å². The molecule has 1 aliphatic rings. The highest BCUT2D eigenvalue weighted by Crippen LogP contribution is 2.07. The molecule has 1 rings (SSSR count). The van der Waals surface area contributed by atoms with E-state index in [0.717, 1.165) is 25.9 Å². The first-order chi connectivity index (χ1) is 9.38. The van der Waals surface area contributed by atoms with Crippen molar-refractivity contribution in [3.8, 4) is 0 Å². The SMILES string of the molecule is CN1CCCC(NC(=O)N[C@@H](CCC(=O)O)C(=O)O)C1. The number of likely N-dealkylation sites (N-methyl/N-ethyl adjacent to an activating group) is 1. The molecule has 0 aromatic rings. The molecule has 4 N–H and O–H groups in total. The number of urea groups is 1. The Bertz CT molecular complexity index is 374. The van der Waals surface area contributed by atoms with Crippen LogP contribution in [0.25, 0.3) is 0 Å². The molecule has 114 valence electrons. The van der Waals surface area contributed by atoms with Crippen LogP contribution in [0.1, 0.15) is 25.7 Å². The Balaban J connectivity index is 2.40. The highest BCUT2D eigenvalue weighted by Gasteiger charge is 2.23. The zero-order chi connectivity index (χ0) is 15.1. The average Bonchev–Trinajstić information content (AvgIpc) is 2.33. The van der Waals surface area contributed by atoms with Crippen LogP contribution >= 0.6 is 0 Å². The summed E-state index contributed by atoms with van der Waals surface area (Å²) in [5, 5.41) is 22.5. The van der Waals surface area contributed by atoms with Gasteiger partial charge in [0.15, 0.2) is 0 Å². The van der Waals surface area contributed by atoms with Gasteiger partial charge in [0, 0.05) is 19.0 Å². The minimum absolute atomic E-state index is 0.0114. The smallest absolute Gasteiger partial charge is 0.326 e. The number of aliphatic carboxylic acids is 2. The van der Waals surface area contributed by atoms with Gasteiger partial charge in [0.05, 0.1) is 0 Å². The molecule has 0 aromatic heterocycles. The van der Waals surface area contributed by atoms with Crippen molar-refractivity contribution < 1.29 is 24.6 Å². The summed E-state index contributed by atoms with van der Waals surface area (Å²) in [6, 6.07) is -1.77. The quantitative estimate of drug-likeness (QED) is 0.532.